The summed E-state index contributed by atoms with van der Waals surface area (Å²) in [4.78, 5) is 0. The van der Waals surface area contributed by atoms with Crippen LogP contribution in [0.15, 0.2) is 36.7 Å². The van der Waals surface area contributed by atoms with Crippen LogP contribution in [0.4, 0.5) is 0 Å². The number of rotatable bonds is 7. The summed E-state index contributed by atoms with van der Waals surface area (Å²) in [5, 5.41) is 6.60. The van der Waals surface area contributed by atoms with Crippen molar-refractivity contribution in [3.05, 3.63) is 47.8 Å². The van der Waals surface area contributed by atoms with E-state index in [4.69, 9.17) is 4.74 Å². The minimum absolute atomic E-state index is 0.223. The lowest BCUT2D eigenvalue weighted by molar-refractivity contribution is 0.185. The van der Waals surface area contributed by atoms with E-state index in [1.165, 1.54) is 11.1 Å². The van der Waals surface area contributed by atoms with Gasteiger partial charge in [-0.3, -0.25) is 0 Å². The summed E-state index contributed by atoms with van der Waals surface area (Å²) in [6.45, 7) is 10.9. The predicted octanol–water partition coefficient (Wildman–Crippen LogP) is 2.95. The van der Waals surface area contributed by atoms with Crippen LogP contribution in [0.3, 0.4) is 0 Å². The lowest BCUT2D eigenvalue weighted by atomic mass is 10.1. The Morgan fingerprint density at radius 1 is 1.28 bits per heavy atom. The van der Waals surface area contributed by atoms with Crippen molar-refractivity contribution >= 4 is 0 Å². The van der Waals surface area contributed by atoms with Crippen LogP contribution >= 0.6 is 0 Å². The van der Waals surface area contributed by atoms with E-state index in [1.54, 1.807) is 7.11 Å². The van der Waals surface area contributed by atoms with Crippen molar-refractivity contribution in [2.75, 3.05) is 7.11 Å². The van der Waals surface area contributed by atoms with E-state index in [1.807, 2.05) is 0 Å². The van der Waals surface area contributed by atoms with Gasteiger partial charge in [-0.25, -0.2) is 0 Å². The number of ether oxygens (including phenoxy) is 1. The molecule has 0 aliphatic rings. The number of methoxy groups -OCH3 is 1. The molecule has 0 amide bonds. The second-order valence-electron chi connectivity index (χ2n) is 4.82. The fraction of sp³-hybridized carbons (Fsp3) is 0.467. The monoisotopic (exact) mass is 248 g/mol. The summed E-state index contributed by atoms with van der Waals surface area (Å²) in [5.41, 5.74) is 2.42. The Morgan fingerprint density at radius 2 is 2.00 bits per heavy atom. The Hall–Kier alpha value is -1.48. The van der Waals surface area contributed by atoms with Crippen LogP contribution in [-0.4, -0.2) is 13.2 Å². The van der Waals surface area contributed by atoms with Crippen LogP contribution in [0.25, 0.3) is 0 Å². The molecule has 0 bridgehead atoms. The molecule has 18 heavy (non-hydrogen) atoms. The molecule has 0 aliphatic heterocycles. The highest BCUT2D eigenvalue weighted by Crippen LogP contribution is 2.15. The molecule has 0 fully saturated rings. The van der Waals surface area contributed by atoms with Crippen molar-refractivity contribution in [2.24, 2.45) is 0 Å². The average Bonchev–Trinajstić information content (AvgIpc) is 2.28. The number of hydrogen-bond acceptors (Lipinski definition) is 3. The Morgan fingerprint density at radius 3 is 2.61 bits per heavy atom. The quantitative estimate of drug-likeness (QED) is 0.778. The van der Waals surface area contributed by atoms with E-state index in [9.17, 15) is 0 Å². The highest BCUT2D eigenvalue weighted by Gasteiger charge is 2.07. The minimum Gasteiger partial charge on any atom is -0.380 e. The zero-order valence-corrected chi connectivity index (χ0v) is 11.8. The predicted molar refractivity (Wildman–Crippen MR) is 76.1 cm³/mol. The third kappa shape index (κ3) is 4.80. The average molecular weight is 248 g/mol. The van der Waals surface area contributed by atoms with Gasteiger partial charge < -0.3 is 15.4 Å². The van der Waals surface area contributed by atoms with Gasteiger partial charge in [-0.15, -0.1) is 0 Å². The van der Waals surface area contributed by atoms with Gasteiger partial charge in [0.15, 0.2) is 0 Å². The van der Waals surface area contributed by atoms with Crippen molar-refractivity contribution in [3.63, 3.8) is 0 Å². The van der Waals surface area contributed by atoms with E-state index in [2.05, 4.69) is 62.2 Å². The Kier molecular flexibility index (Phi) is 5.72. The fourth-order valence-electron chi connectivity index (χ4n) is 1.85. The molecule has 1 rings (SSSR count). The van der Waals surface area contributed by atoms with E-state index >= 15 is 0 Å². The van der Waals surface area contributed by atoms with Gasteiger partial charge in [-0.05, 0) is 31.9 Å². The molecule has 100 valence electrons. The van der Waals surface area contributed by atoms with Crippen molar-refractivity contribution in [1.82, 2.24) is 10.6 Å². The normalized spacial score (nSPS) is 12.3. The molecular weight excluding hydrogens is 224 g/mol. The standard InChI is InChI=1S/C15H24N2O/c1-11(2)16-13(4)17-12(3)15-8-6-7-14(9-15)10-18-5/h6-9,11-12,16-17H,4,10H2,1-3,5H3. The highest BCUT2D eigenvalue weighted by atomic mass is 16.5. The van der Waals surface area contributed by atoms with Gasteiger partial charge in [0.2, 0.25) is 0 Å². The van der Waals surface area contributed by atoms with Gasteiger partial charge in [-0.2, -0.15) is 0 Å². The van der Waals surface area contributed by atoms with Crippen molar-refractivity contribution in [2.45, 2.75) is 39.5 Å². The third-order valence-corrected chi connectivity index (χ3v) is 2.62. The number of benzene rings is 1. The molecule has 0 saturated carbocycles. The van der Waals surface area contributed by atoms with E-state index in [0.717, 1.165) is 5.82 Å². The Bertz CT molecular complexity index is 388. The summed E-state index contributed by atoms with van der Waals surface area (Å²) < 4.78 is 5.15. The van der Waals surface area contributed by atoms with Gasteiger partial charge >= 0.3 is 0 Å². The van der Waals surface area contributed by atoms with Crippen molar-refractivity contribution in [1.29, 1.82) is 0 Å². The lowest BCUT2D eigenvalue weighted by Crippen LogP contribution is -2.32. The minimum atomic E-state index is 0.223. The van der Waals surface area contributed by atoms with Crippen molar-refractivity contribution < 1.29 is 4.74 Å². The highest BCUT2D eigenvalue weighted by molar-refractivity contribution is 5.26. The van der Waals surface area contributed by atoms with Crippen LogP contribution in [0.5, 0.6) is 0 Å². The summed E-state index contributed by atoms with van der Waals surface area (Å²) >= 11 is 0. The van der Waals surface area contributed by atoms with Gasteiger partial charge in [0.1, 0.15) is 0 Å². The topological polar surface area (TPSA) is 33.3 Å². The molecule has 0 radical (unpaired) electrons. The summed E-state index contributed by atoms with van der Waals surface area (Å²) in [6.07, 6.45) is 0. The summed E-state index contributed by atoms with van der Waals surface area (Å²) in [5.74, 6) is 0.856. The second-order valence-corrected chi connectivity index (χ2v) is 4.82. The molecule has 0 aromatic heterocycles. The SMILES string of the molecule is C=C(NC(C)C)NC(C)c1cccc(COC)c1. The molecule has 2 N–H and O–H groups in total. The fourth-order valence-corrected chi connectivity index (χ4v) is 1.85. The van der Waals surface area contributed by atoms with E-state index in [-0.39, 0.29) is 6.04 Å². The maximum atomic E-state index is 5.15. The second kappa shape index (κ2) is 7.07. The zero-order chi connectivity index (χ0) is 13.5. The molecular formula is C15H24N2O. The van der Waals surface area contributed by atoms with E-state index in [0.29, 0.717) is 12.6 Å². The van der Waals surface area contributed by atoms with Crippen LogP contribution in [0.2, 0.25) is 0 Å². The maximum absolute atomic E-state index is 5.15. The van der Waals surface area contributed by atoms with Crippen LogP contribution in [0, 0.1) is 0 Å². The molecule has 0 saturated heterocycles. The molecule has 1 aromatic carbocycles. The smallest absolute Gasteiger partial charge is 0.0919 e. The van der Waals surface area contributed by atoms with Crippen LogP contribution < -0.4 is 10.6 Å². The first-order valence-corrected chi connectivity index (χ1v) is 6.32. The van der Waals surface area contributed by atoms with Gasteiger partial charge in [0.25, 0.3) is 0 Å². The third-order valence-electron chi connectivity index (χ3n) is 2.62. The molecule has 1 unspecified atom stereocenters. The van der Waals surface area contributed by atoms with Gasteiger partial charge in [0, 0.05) is 19.2 Å². The van der Waals surface area contributed by atoms with Gasteiger partial charge in [0.05, 0.1) is 12.4 Å². The summed E-state index contributed by atoms with van der Waals surface area (Å²) in [7, 11) is 1.71. The molecule has 1 aromatic rings. The van der Waals surface area contributed by atoms with E-state index < -0.39 is 0 Å². The molecule has 0 heterocycles. The summed E-state index contributed by atoms with van der Waals surface area (Å²) in [6, 6.07) is 9.00. The lowest BCUT2D eigenvalue weighted by Gasteiger charge is -2.21. The van der Waals surface area contributed by atoms with Gasteiger partial charge in [-0.1, -0.05) is 30.8 Å². The van der Waals surface area contributed by atoms with Crippen LogP contribution in [0.1, 0.15) is 37.9 Å². The molecule has 0 spiro atoms. The first-order chi connectivity index (χ1) is 8.52. The zero-order valence-electron chi connectivity index (χ0n) is 11.8. The van der Waals surface area contributed by atoms with Crippen molar-refractivity contribution in [3.8, 4) is 0 Å². The first-order valence-electron chi connectivity index (χ1n) is 6.32. The Balaban J connectivity index is 2.63. The Labute approximate surface area is 110 Å². The molecule has 3 nitrogen and oxygen atoms in total. The van der Waals surface area contributed by atoms with Crippen LogP contribution in [-0.2, 0) is 11.3 Å². The number of nitrogens with one attached hydrogen (secondary N) is 2. The largest absolute Gasteiger partial charge is 0.380 e. The number of hydrogen-bond donors (Lipinski definition) is 2. The molecule has 1 atom stereocenters. The molecule has 3 heteroatoms. The maximum Gasteiger partial charge on any atom is 0.0919 e. The first kappa shape index (κ1) is 14.6. The molecule has 0 aliphatic carbocycles.